The van der Waals surface area contributed by atoms with Gasteiger partial charge in [-0.15, -0.1) is 0 Å². The van der Waals surface area contributed by atoms with Crippen LogP contribution >= 0.6 is 0 Å². The number of nitrogens with zero attached hydrogens (tertiary/aromatic N) is 1. The number of carbonyl (C=O) groups is 1. The highest BCUT2D eigenvalue weighted by molar-refractivity contribution is 5.90. The molecule has 0 amide bonds. The first-order valence-corrected chi connectivity index (χ1v) is 7.24. The zero-order chi connectivity index (χ0) is 15.4. The van der Waals surface area contributed by atoms with E-state index in [1.165, 1.54) is 5.56 Å². The minimum absolute atomic E-state index is 0.196. The van der Waals surface area contributed by atoms with Crippen LogP contribution in [-0.4, -0.2) is 16.2 Å². The fourth-order valence-corrected chi connectivity index (χ4v) is 2.44. The summed E-state index contributed by atoms with van der Waals surface area (Å²) >= 11 is 0. The van der Waals surface area contributed by atoms with Crippen molar-refractivity contribution < 1.29 is 14.4 Å². The van der Waals surface area contributed by atoms with E-state index < -0.39 is 5.97 Å². The van der Waals surface area contributed by atoms with Gasteiger partial charge in [0.1, 0.15) is 5.56 Å². The maximum atomic E-state index is 11.5. The van der Waals surface area contributed by atoms with Crippen molar-refractivity contribution in [3.05, 3.63) is 52.9 Å². The van der Waals surface area contributed by atoms with E-state index in [9.17, 15) is 9.90 Å². The van der Waals surface area contributed by atoms with Crippen LogP contribution in [0.3, 0.4) is 0 Å². The third-order valence-electron chi connectivity index (χ3n) is 3.51. The molecular weight excluding hydrogens is 266 g/mol. The van der Waals surface area contributed by atoms with Gasteiger partial charge < -0.3 is 9.63 Å². The molecule has 0 saturated carbocycles. The van der Waals surface area contributed by atoms with Gasteiger partial charge in [-0.1, -0.05) is 56.3 Å². The average molecular weight is 287 g/mol. The van der Waals surface area contributed by atoms with Crippen LogP contribution in [-0.2, 0) is 12.8 Å². The van der Waals surface area contributed by atoms with Crippen molar-refractivity contribution in [1.29, 1.82) is 0 Å². The zero-order valence-corrected chi connectivity index (χ0v) is 12.7. The number of aromatic carboxylic acids is 1. The van der Waals surface area contributed by atoms with Crippen molar-refractivity contribution >= 4 is 5.97 Å². The molecule has 1 aromatic heterocycles. The van der Waals surface area contributed by atoms with E-state index in [-0.39, 0.29) is 11.5 Å². The zero-order valence-electron chi connectivity index (χ0n) is 12.7. The number of hydrogen-bond acceptors (Lipinski definition) is 3. The molecule has 1 N–H and O–H groups in total. The van der Waals surface area contributed by atoms with Crippen LogP contribution in [0.4, 0.5) is 0 Å². The lowest BCUT2D eigenvalue weighted by atomic mass is 9.94. The molecule has 2 aromatic rings. The van der Waals surface area contributed by atoms with E-state index in [0.717, 1.165) is 0 Å². The van der Waals surface area contributed by atoms with Crippen molar-refractivity contribution in [3.8, 4) is 0 Å². The van der Waals surface area contributed by atoms with Gasteiger partial charge in [0.2, 0.25) is 0 Å². The van der Waals surface area contributed by atoms with Gasteiger partial charge in [0.25, 0.3) is 0 Å². The van der Waals surface area contributed by atoms with Crippen molar-refractivity contribution in [2.75, 3.05) is 0 Å². The molecule has 0 aliphatic carbocycles. The van der Waals surface area contributed by atoms with E-state index in [0.29, 0.717) is 30.2 Å². The third-order valence-corrected chi connectivity index (χ3v) is 3.51. The van der Waals surface area contributed by atoms with Gasteiger partial charge in [0.05, 0.1) is 5.69 Å². The number of hydrogen-bond donors (Lipinski definition) is 1. The molecule has 0 radical (unpaired) electrons. The standard InChI is InChI=1S/C17H21NO3/c1-11(2)9-15-16(17(19)20)14(18-21-15)10-12(3)13-7-5-4-6-8-13/h4-8,11-12H,9-10H2,1-3H3,(H,19,20). The Balaban J connectivity index is 2.24. The Bertz CT molecular complexity index is 602. The van der Waals surface area contributed by atoms with Crippen LogP contribution in [0.25, 0.3) is 0 Å². The van der Waals surface area contributed by atoms with Crippen LogP contribution in [0.2, 0.25) is 0 Å². The highest BCUT2D eigenvalue weighted by Crippen LogP contribution is 2.25. The molecule has 0 saturated heterocycles. The monoisotopic (exact) mass is 287 g/mol. The van der Waals surface area contributed by atoms with E-state index in [4.69, 9.17) is 4.52 Å². The maximum Gasteiger partial charge on any atom is 0.341 e. The lowest BCUT2D eigenvalue weighted by Gasteiger charge is -2.10. The smallest absolute Gasteiger partial charge is 0.341 e. The van der Waals surface area contributed by atoms with Gasteiger partial charge in [0, 0.05) is 12.8 Å². The Morgan fingerprint density at radius 3 is 2.43 bits per heavy atom. The van der Waals surface area contributed by atoms with Gasteiger partial charge in [-0.2, -0.15) is 0 Å². The number of aromatic nitrogens is 1. The molecule has 1 heterocycles. The molecule has 112 valence electrons. The minimum atomic E-state index is -0.956. The number of rotatable bonds is 6. The van der Waals surface area contributed by atoms with E-state index in [2.05, 4.69) is 12.1 Å². The quantitative estimate of drug-likeness (QED) is 0.874. The Hall–Kier alpha value is -2.10. The predicted octanol–water partition coefficient (Wildman–Crippen LogP) is 3.92. The van der Waals surface area contributed by atoms with Crippen LogP contribution in [0, 0.1) is 5.92 Å². The van der Waals surface area contributed by atoms with Crippen molar-refractivity contribution in [2.24, 2.45) is 5.92 Å². The second-order valence-corrected chi connectivity index (χ2v) is 5.85. The summed E-state index contributed by atoms with van der Waals surface area (Å²) in [6.07, 6.45) is 1.15. The Morgan fingerprint density at radius 1 is 1.19 bits per heavy atom. The predicted molar refractivity (Wildman–Crippen MR) is 80.6 cm³/mol. The summed E-state index contributed by atoms with van der Waals surface area (Å²) in [4.78, 5) is 11.5. The largest absolute Gasteiger partial charge is 0.477 e. The SMILES string of the molecule is CC(C)Cc1onc(CC(C)c2ccccc2)c1C(=O)O. The maximum absolute atomic E-state index is 11.5. The first kappa shape index (κ1) is 15.3. The van der Waals surface area contributed by atoms with Crippen molar-refractivity contribution in [3.63, 3.8) is 0 Å². The lowest BCUT2D eigenvalue weighted by molar-refractivity contribution is 0.0693. The average Bonchev–Trinajstić information content (AvgIpc) is 2.81. The summed E-state index contributed by atoms with van der Waals surface area (Å²) in [5.74, 6) is 0.0478. The fraction of sp³-hybridized carbons (Fsp3) is 0.412. The highest BCUT2D eigenvalue weighted by Gasteiger charge is 2.24. The summed E-state index contributed by atoms with van der Waals surface area (Å²) in [6.45, 7) is 6.12. The molecule has 0 fully saturated rings. The molecule has 1 atom stereocenters. The number of carboxylic acid groups (broad SMARTS) is 1. The van der Waals surface area contributed by atoms with Gasteiger partial charge in [-0.3, -0.25) is 0 Å². The highest BCUT2D eigenvalue weighted by atomic mass is 16.5. The van der Waals surface area contributed by atoms with E-state index >= 15 is 0 Å². The molecule has 0 bridgehead atoms. The van der Waals surface area contributed by atoms with Gasteiger partial charge >= 0.3 is 5.97 Å². The van der Waals surface area contributed by atoms with Crippen LogP contribution in [0.5, 0.6) is 0 Å². The first-order chi connectivity index (χ1) is 9.99. The molecule has 1 aromatic carbocycles. The molecule has 0 spiro atoms. The summed E-state index contributed by atoms with van der Waals surface area (Å²) in [5.41, 5.74) is 1.95. The summed E-state index contributed by atoms with van der Waals surface area (Å²) in [7, 11) is 0. The molecule has 4 heteroatoms. The van der Waals surface area contributed by atoms with Crippen molar-refractivity contribution in [2.45, 2.75) is 39.5 Å². The topological polar surface area (TPSA) is 63.3 Å². The molecule has 4 nitrogen and oxygen atoms in total. The second-order valence-electron chi connectivity index (χ2n) is 5.85. The molecule has 0 aliphatic heterocycles. The van der Waals surface area contributed by atoms with Crippen LogP contribution in [0.15, 0.2) is 34.9 Å². The van der Waals surface area contributed by atoms with Gasteiger partial charge in [-0.25, -0.2) is 4.79 Å². The van der Waals surface area contributed by atoms with Crippen LogP contribution in [0.1, 0.15) is 54.1 Å². The molecule has 0 aliphatic rings. The Labute approximate surface area is 124 Å². The second kappa shape index (κ2) is 6.57. The van der Waals surface area contributed by atoms with E-state index in [1.54, 1.807) is 0 Å². The van der Waals surface area contributed by atoms with Gasteiger partial charge in [-0.05, 0) is 17.4 Å². The number of benzene rings is 1. The Kier molecular flexibility index (Phi) is 4.78. The summed E-state index contributed by atoms with van der Waals surface area (Å²) in [6, 6.07) is 10.0. The molecule has 1 unspecified atom stereocenters. The van der Waals surface area contributed by atoms with E-state index in [1.807, 2.05) is 44.2 Å². The lowest BCUT2D eigenvalue weighted by Crippen LogP contribution is -2.08. The molecule has 2 rings (SSSR count). The third kappa shape index (κ3) is 3.72. The van der Waals surface area contributed by atoms with Crippen LogP contribution < -0.4 is 0 Å². The van der Waals surface area contributed by atoms with Crippen molar-refractivity contribution in [1.82, 2.24) is 5.16 Å². The summed E-state index contributed by atoms with van der Waals surface area (Å²) in [5, 5.41) is 13.4. The molecule has 21 heavy (non-hydrogen) atoms. The normalized spacial score (nSPS) is 12.6. The summed E-state index contributed by atoms with van der Waals surface area (Å²) < 4.78 is 5.27. The molecular formula is C17H21NO3. The fourth-order valence-electron chi connectivity index (χ4n) is 2.44. The number of carboxylic acids is 1. The Morgan fingerprint density at radius 2 is 1.86 bits per heavy atom. The minimum Gasteiger partial charge on any atom is -0.477 e. The first-order valence-electron chi connectivity index (χ1n) is 7.24. The van der Waals surface area contributed by atoms with Gasteiger partial charge in [0.15, 0.2) is 5.76 Å².